The van der Waals surface area contributed by atoms with Crippen LogP contribution in [0.25, 0.3) is 0 Å². The van der Waals surface area contributed by atoms with E-state index in [-0.39, 0.29) is 11.6 Å². The number of carbonyl (C=O) groups excluding carboxylic acids is 2. The highest BCUT2D eigenvalue weighted by Gasteiger charge is 2.16. The monoisotopic (exact) mass is 381 g/mol. The summed E-state index contributed by atoms with van der Waals surface area (Å²) in [5, 5.41) is 5.62. The number of nitrogens with zero attached hydrogens (tertiary/aromatic N) is 1. The number of pyridine rings is 1. The molecule has 0 aliphatic rings. The summed E-state index contributed by atoms with van der Waals surface area (Å²) in [6, 6.07) is 16.8. The Hall–Kier alpha value is -3.19. The van der Waals surface area contributed by atoms with Gasteiger partial charge in [0, 0.05) is 23.7 Å². The highest BCUT2D eigenvalue weighted by molar-refractivity contribution is 7.99. The van der Waals surface area contributed by atoms with Crippen molar-refractivity contribution in [2.75, 3.05) is 10.6 Å². The second kappa shape index (κ2) is 8.46. The normalized spacial score (nSPS) is 10.3. The molecule has 3 aromatic rings. The second-order valence-corrected chi connectivity index (χ2v) is 6.66. The van der Waals surface area contributed by atoms with Crippen LogP contribution in [0.2, 0.25) is 0 Å². The first kappa shape index (κ1) is 18.6. The summed E-state index contributed by atoms with van der Waals surface area (Å²) in [5.41, 5.74) is 0.700. The van der Waals surface area contributed by atoms with Gasteiger partial charge >= 0.3 is 0 Å². The maximum absolute atomic E-state index is 14.1. The number of rotatable bonds is 5. The van der Waals surface area contributed by atoms with Crippen molar-refractivity contribution in [1.29, 1.82) is 0 Å². The number of anilines is 2. The quantitative estimate of drug-likeness (QED) is 0.678. The van der Waals surface area contributed by atoms with Crippen molar-refractivity contribution in [1.82, 2.24) is 4.98 Å². The average molecular weight is 381 g/mol. The minimum Gasteiger partial charge on any atom is -0.326 e. The molecule has 0 saturated heterocycles. The maximum Gasteiger partial charge on any atom is 0.258 e. The minimum absolute atomic E-state index is 0.0224. The molecule has 1 aromatic heterocycles. The number of nitrogens with one attached hydrogen (secondary N) is 2. The predicted octanol–water partition coefficient (Wildman–Crippen LogP) is 4.58. The summed E-state index contributed by atoms with van der Waals surface area (Å²) in [5.74, 6) is -1.37. The molecule has 0 fully saturated rings. The van der Waals surface area contributed by atoms with E-state index < -0.39 is 11.7 Å². The Labute approximate surface area is 160 Å². The van der Waals surface area contributed by atoms with Gasteiger partial charge < -0.3 is 10.6 Å². The summed E-state index contributed by atoms with van der Waals surface area (Å²) >= 11 is 1.35. The van der Waals surface area contributed by atoms with Crippen molar-refractivity contribution in [3.05, 3.63) is 78.2 Å². The fourth-order valence-electron chi connectivity index (χ4n) is 2.34. The van der Waals surface area contributed by atoms with E-state index in [2.05, 4.69) is 15.6 Å². The number of hydrogen-bond donors (Lipinski definition) is 2. The first-order valence-corrected chi connectivity index (χ1v) is 8.91. The van der Waals surface area contributed by atoms with Gasteiger partial charge in [-0.05, 0) is 42.5 Å². The van der Waals surface area contributed by atoms with Crippen LogP contribution < -0.4 is 10.6 Å². The molecule has 5 nitrogen and oxygen atoms in total. The molecule has 1 heterocycles. The van der Waals surface area contributed by atoms with Gasteiger partial charge in [0.05, 0.1) is 11.3 Å². The van der Waals surface area contributed by atoms with Crippen molar-refractivity contribution in [3.63, 3.8) is 0 Å². The Bertz CT molecular complexity index is 980. The van der Waals surface area contributed by atoms with Crippen LogP contribution in [0.15, 0.2) is 76.8 Å². The molecule has 136 valence electrons. The standard InChI is InChI=1S/C20H16FN3O2S/c1-13(25)23-14-9-10-17(21)18(12-14)24-19(26)16-8-5-11-22-20(16)27-15-6-3-2-4-7-15/h2-12H,1H3,(H,23,25)(H,24,26). The van der Waals surface area contributed by atoms with Gasteiger partial charge in [0.2, 0.25) is 5.91 Å². The van der Waals surface area contributed by atoms with E-state index in [1.54, 1.807) is 18.3 Å². The van der Waals surface area contributed by atoms with Gasteiger partial charge in [-0.3, -0.25) is 9.59 Å². The maximum atomic E-state index is 14.1. The van der Waals surface area contributed by atoms with Gasteiger partial charge in [-0.15, -0.1) is 0 Å². The van der Waals surface area contributed by atoms with E-state index in [9.17, 15) is 14.0 Å². The summed E-state index contributed by atoms with van der Waals surface area (Å²) in [7, 11) is 0. The van der Waals surface area contributed by atoms with Gasteiger partial charge in [-0.1, -0.05) is 30.0 Å². The molecule has 27 heavy (non-hydrogen) atoms. The molecule has 0 unspecified atom stereocenters. The minimum atomic E-state index is -0.599. The molecule has 0 bridgehead atoms. The Kier molecular flexibility index (Phi) is 5.83. The molecule has 2 N–H and O–H groups in total. The van der Waals surface area contributed by atoms with Crippen LogP contribution in [0, 0.1) is 5.82 Å². The fourth-order valence-corrected chi connectivity index (χ4v) is 3.24. The van der Waals surface area contributed by atoms with E-state index in [0.717, 1.165) is 4.90 Å². The Morgan fingerprint density at radius 1 is 1.00 bits per heavy atom. The van der Waals surface area contributed by atoms with Crippen LogP contribution in [-0.4, -0.2) is 16.8 Å². The molecule has 0 saturated carbocycles. The van der Waals surface area contributed by atoms with Crippen molar-refractivity contribution in [2.24, 2.45) is 0 Å². The summed E-state index contributed by atoms with van der Waals surface area (Å²) in [6.45, 7) is 1.35. The summed E-state index contributed by atoms with van der Waals surface area (Å²) in [6.07, 6.45) is 1.60. The van der Waals surface area contributed by atoms with E-state index in [0.29, 0.717) is 16.3 Å². The van der Waals surface area contributed by atoms with E-state index in [4.69, 9.17) is 0 Å². The van der Waals surface area contributed by atoms with Crippen molar-refractivity contribution >= 4 is 35.0 Å². The number of amides is 2. The highest BCUT2D eigenvalue weighted by atomic mass is 32.2. The van der Waals surface area contributed by atoms with Crippen LogP contribution >= 0.6 is 11.8 Å². The van der Waals surface area contributed by atoms with E-state index in [1.807, 2.05) is 30.3 Å². The van der Waals surface area contributed by atoms with Gasteiger partial charge in [0.1, 0.15) is 10.8 Å². The number of halogens is 1. The fraction of sp³-hybridized carbons (Fsp3) is 0.0500. The van der Waals surface area contributed by atoms with E-state index in [1.165, 1.54) is 36.9 Å². The molecular weight excluding hydrogens is 365 g/mol. The van der Waals surface area contributed by atoms with Crippen molar-refractivity contribution in [2.45, 2.75) is 16.8 Å². The van der Waals surface area contributed by atoms with Crippen LogP contribution in [-0.2, 0) is 4.79 Å². The van der Waals surface area contributed by atoms with Crippen LogP contribution in [0.3, 0.4) is 0 Å². The van der Waals surface area contributed by atoms with Gasteiger partial charge in [-0.2, -0.15) is 0 Å². The molecule has 0 spiro atoms. The second-order valence-electron chi connectivity index (χ2n) is 5.60. The highest BCUT2D eigenvalue weighted by Crippen LogP contribution is 2.29. The van der Waals surface area contributed by atoms with Crippen LogP contribution in [0.4, 0.5) is 15.8 Å². The molecule has 0 aliphatic carbocycles. The summed E-state index contributed by atoms with van der Waals surface area (Å²) in [4.78, 5) is 29.1. The third kappa shape index (κ3) is 4.92. The predicted molar refractivity (Wildman–Crippen MR) is 103 cm³/mol. The molecule has 0 aliphatic heterocycles. The van der Waals surface area contributed by atoms with Crippen molar-refractivity contribution < 1.29 is 14.0 Å². The Morgan fingerprint density at radius 3 is 2.52 bits per heavy atom. The number of aromatic nitrogens is 1. The average Bonchev–Trinajstić information content (AvgIpc) is 2.65. The van der Waals surface area contributed by atoms with Crippen molar-refractivity contribution in [3.8, 4) is 0 Å². The Balaban J connectivity index is 1.84. The third-order valence-corrected chi connectivity index (χ3v) is 4.53. The first-order chi connectivity index (χ1) is 13.0. The first-order valence-electron chi connectivity index (χ1n) is 8.09. The lowest BCUT2D eigenvalue weighted by Crippen LogP contribution is -2.15. The molecule has 0 radical (unpaired) electrons. The molecule has 3 rings (SSSR count). The third-order valence-electron chi connectivity index (χ3n) is 3.51. The number of hydrogen-bond acceptors (Lipinski definition) is 4. The lowest BCUT2D eigenvalue weighted by Gasteiger charge is -2.11. The molecule has 2 amide bonds. The van der Waals surface area contributed by atoms with Gasteiger partial charge in [0.15, 0.2) is 0 Å². The lowest BCUT2D eigenvalue weighted by molar-refractivity contribution is -0.114. The smallest absolute Gasteiger partial charge is 0.258 e. The molecule has 0 atom stereocenters. The number of carbonyl (C=O) groups is 2. The molecule has 7 heteroatoms. The van der Waals surface area contributed by atoms with Crippen LogP contribution in [0.1, 0.15) is 17.3 Å². The molecule has 2 aromatic carbocycles. The SMILES string of the molecule is CC(=O)Nc1ccc(F)c(NC(=O)c2cccnc2Sc2ccccc2)c1. The topological polar surface area (TPSA) is 71.1 Å². The van der Waals surface area contributed by atoms with Gasteiger partial charge in [0.25, 0.3) is 5.91 Å². The number of benzene rings is 2. The lowest BCUT2D eigenvalue weighted by atomic mass is 10.2. The zero-order valence-corrected chi connectivity index (χ0v) is 15.2. The van der Waals surface area contributed by atoms with E-state index >= 15 is 0 Å². The Morgan fingerprint density at radius 2 is 1.78 bits per heavy atom. The zero-order valence-electron chi connectivity index (χ0n) is 14.4. The summed E-state index contributed by atoms with van der Waals surface area (Å²) < 4.78 is 14.1. The van der Waals surface area contributed by atoms with Crippen LogP contribution in [0.5, 0.6) is 0 Å². The molecular formula is C20H16FN3O2S. The largest absolute Gasteiger partial charge is 0.326 e. The zero-order chi connectivity index (χ0) is 19.2. The van der Waals surface area contributed by atoms with Gasteiger partial charge in [-0.25, -0.2) is 9.37 Å².